The van der Waals surface area contributed by atoms with E-state index >= 15 is 0 Å². The number of benzene rings is 1. The molecule has 0 aliphatic carbocycles. The fourth-order valence-corrected chi connectivity index (χ4v) is 1.54. The van der Waals surface area contributed by atoms with Gasteiger partial charge in [0.1, 0.15) is 0 Å². The summed E-state index contributed by atoms with van der Waals surface area (Å²) in [4.78, 5) is 0. The molecule has 1 aromatic carbocycles. The van der Waals surface area contributed by atoms with Gasteiger partial charge in [-0.05, 0) is 24.6 Å². The molecule has 0 aliphatic rings. The van der Waals surface area contributed by atoms with Crippen molar-refractivity contribution in [2.75, 3.05) is 0 Å². The Morgan fingerprint density at radius 3 is 2.18 bits per heavy atom. The Hall–Kier alpha value is -0.448. The number of rotatable bonds is 2. The molecule has 0 atom stereocenters. The fourth-order valence-electron chi connectivity index (χ4n) is 0.840. The third kappa shape index (κ3) is 2.97. The average molecular weight is 163 g/mol. The summed E-state index contributed by atoms with van der Waals surface area (Å²) < 4.78 is 5.58. The Bertz CT molecular complexity index is 216. The maximum Gasteiger partial charge on any atom is 0.539 e. The van der Waals surface area contributed by atoms with E-state index in [1.54, 1.807) is 0 Å². The molecule has 0 N–H and O–H groups in total. The summed E-state index contributed by atoms with van der Waals surface area (Å²) in [5.74, 6) is 5.27. The van der Waals surface area contributed by atoms with Gasteiger partial charge in [0.05, 0.1) is 5.75 Å². The lowest BCUT2D eigenvalue weighted by molar-refractivity contribution is 0.580. The molecule has 2 heteroatoms. The highest BCUT2D eigenvalue weighted by molar-refractivity contribution is 6.49. The minimum atomic E-state index is -0.933. The Balaban J connectivity index is 2.66. The van der Waals surface area contributed by atoms with Crippen LogP contribution < -0.4 is 3.79 Å². The maximum absolute atomic E-state index is 5.58. The van der Waals surface area contributed by atoms with Gasteiger partial charge in [-0.15, -0.1) is 0 Å². The van der Waals surface area contributed by atoms with Crippen LogP contribution in [0.2, 0.25) is 11.6 Å². The first-order valence-electron chi connectivity index (χ1n) is 3.77. The van der Waals surface area contributed by atoms with Gasteiger partial charge in [-0.1, -0.05) is 23.7 Å². The van der Waals surface area contributed by atoms with Gasteiger partial charge in [0, 0.05) is 0 Å². The second kappa shape index (κ2) is 3.80. The Labute approximate surface area is 72.7 Å². The predicted molar refractivity (Wildman–Crippen MR) is 49.0 cm³/mol. The zero-order chi connectivity index (χ0) is 8.27. The van der Waals surface area contributed by atoms with Crippen molar-refractivity contribution < 1.29 is 3.79 Å². The molecule has 0 unspecified atom stereocenters. The van der Waals surface area contributed by atoms with Crippen LogP contribution in [0.15, 0.2) is 24.3 Å². The Morgan fingerprint density at radius 2 is 1.73 bits per heavy atom. The van der Waals surface area contributed by atoms with Gasteiger partial charge < -0.3 is 3.79 Å². The molecule has 0 amide bonds. The van der Waals surface area contributed by atoms with Gasteiger partial charge in [0.25, 0.3) is 0 Å². The lowest BCUT2D eigenvalue weighted by Crippen LogP contribution is -2.10. The monoisotopic (exact) mass is 163 g/mol. The van der Waals surface area contributed by atoms with Crippen LogP contribution in [0.4, 0.5) is 0 Å². The van der Waals surface area contributed by atoms with E-state index in [-0.39, 0.29) is 0 Å². The van der Waals surface area contributed by atoms with E-state index in [1.807, 2.05) is 24.3 Å². The standard InChI is InChI=1S/C7H7O.2CH3.Al/c1-6-2-4-7(8)5-3-6;;;/h2-5,8H,1H2;2*1H3;/q;;;+1/p-1. The van der Waals surface area contributed by atoms with Crippen LogP contribution in [0, 0.1) is 6.92 Å². The highest BCUT2D eigenvalue weighted by Crippen LogP contribution is 2.11. The van der Waals surface area contributed by atoms with Crippen molar-refractivity contribution in [1.29, 1.82) is 0 Å². The van der Waals surface area contributed by atoms with E-state index < -0.39 is 14.5 Å². The summed E-state index contributed by atoms with van der Waals surface area (Å²) in [7, 11) is 0. The van der Waals surface area contributed by atoms with E-state index in [0.717, 1.165) is 11.3 Å². The summed E-state index contributed by atoms with van der Waals surface area (Å²) in [6.45, 7) is 3.80. The first kappa shape index (κ1) is 8.65. The first-order valence-corrected chi connectivity index (χ1v) is 6.55. The van der Waals surface area contributed by atoms with Gasteiger partial charge in [0.2, 0.25) is 0 Å². The second-order valence-electron chi connectivity index (χ2n) is 2.81. The van der Waals surface area contributed by atoms with Crippen molar-refractivity contribution in [3.05, 3.63) is 36.8 Å². The Kier molecular flexibility index (Phi) is 2.99. The molecule has 1 rings (SSSR count). The SMILES string of the molecule is [CH2]c1ccc([O][Al]([CH3])[CH3])cc1. The van der Waals surface area contributed by atoms with Crippen molar-refractivity contribution in [2.24, 2.45) is 0 Å². The van der Waals surface area contributed by atoms with Crippen LogP contribution in [0.5, 0.6) is 5.75 Å². The largest absolute Gasteiger partial charge is 0.643 e. The van der Waals surface area contributed by atoms with Crippen molar-refractivity contribution in [3.8, 4) is 5.75 Å². The topological polar surface area (TPSA) is 9.23 Å². The van der Waals surface area contributed by atoms with E-state index in [0.29, 0.717) is 0 Å². The normalized spacial score (nSPS) is 9.36. The smallest absolute Gasteiger partial charge is 0.539 e. The summed E-state index contributed by atoms with van der Waals surface area (Å²) in [5.41, 5.74) is 1.03. The van der Waals surface area contributed by atoms with Crippen molar-refractivity contribution in [2.45, 2.75) is 11.6 Å². The molecule has 11 heavy (non-hydrogen) atoms. The minimum absolute atomic E-state index is 0.933. The molecule has 0 heterocycles. The quantitative estimate of drug-likeness (QED) is 0.608. The van der Waals surface area contributed by atoms with Crippen molar-refractivity contribution in [1.82, 2.24) is 0 Å². The van der Waals surface area contributed by atoms with E-state index in [4.69, 9.17) is 3.79 Å². The highest BCUT2D eigenvalue weighted by Gasteiger charge is 2.05. The number of hydrogen-bond donors (Lipinski definition) is 0. The van der Waals surface area contributed by atoms with E-state index in [2.05, 4.69) is 18.5 Å². The van der Waals surface area contributed by atoms with Gasteiger partial charge in [-0.2, -0.15) is 0 Å². The van der Waals surface area contributed by atoms with Gasteiger partial charge in [-0.3, -0.25) is 0 Å². The molecule has 0 aromatic heterocycles. The van der Waals surface area contributed by atoms with Gasteiger partial charge in [0.15, 0.2) is 0 Å². The average Bonchev–Trinajstić information content (AvgIpc) is 1.93. The zero-order valence-electron chi connectivity index (χ0n) is 7.00. The molecule has 0 fully saturated rings. The fraction of sp³-hybridized carbons (Fsp3) is 0.222. The molecule has 1 nitrogen and oxygen atoms in total. The maximum atomic E-state index is 5.58. The molecule has 0 saturated carbocycles. The summed E-state index contributed by atoms with van der Waals surface area (Å²) in [6.07, 6.45) is 0. The molecule has 1 aromatic rings. The van der Waals surface area contributed by atoms with Crippen LogP contribution in [0.3, 0.4) is 0 Å². The lowest BCUT2D eigenvalue weighted by Gasteiger charge is -2.07. The van der Waals surface area contributed by atoms with Crippen LogP contribution in [0.1, 0.15) is 5.56 Å². The van der Waals surface area contributed by atoms with Crippen LogP contribution in [-0.2, 0) is 0 Å². The highest BCUT2D eigenvalue weighted by atomic mass is 27.2. The summed E-state index contributed by atoms with van der Waals surface area (Å²) in [5, 5.41) is 0. The van der Waals surface area contributed by atoms with E-state index in [1.165, 1.54) is 0 Å². The first-order chi connectivity index (χ1) is 5.18. The Morgan fingerprint density at radius 1 is 1.18 bits per heavy atom. The molecule has 0 spiro atoms. The van der Waals surface area contributed by atoms with E-state index in [9.17, 15) is 0 Å². The predicted octanol–water partition coefficient (Wildman–Crippen LogP) is 2.50. The molecule has 0 saturated heterocycles. The van der Waals surface area contributed by atoms with Crippen molar-refractivity contribution >= 4 is 14.5 Å². The van der Waals surface area contributed by atoms with Gasteiger partial charge >= 0.3 is 14.5 Å². The van der Waals surface area contributed by atoms with Crippen molar-refractivity contribution in [3.63, 3.8) is 0 Å². The molecule has 0 bridgehead atoms. The van der Waals surface area contributed by atoms with Crippen LogP contribution >= 0.6 is 0 Å². The number of hydrogen-bond acceptors (Lipinski definition) is 1. The molecular formula is C9H12AlO. The van der Waals surface area contributed by atoms with Crippen LogP contribution in [-0.4, -0.2) is 14.5 Å². The lowest BCUT2D eigenvalue weighted by atomic mass is 10.2. The molecule has 0 aliphatic heterocycles. The minimum Gasteiger partial charge on any atom is -0.643 e. The second-order valence-corrected chi connectivity index (χ2v) is 5.14. The molecular weight excluding hydrogens is 151 g/mol. The summed E-state index contributed by atoms with van der Waals surface area (Å²) in [6, 6.07) is 7.86. The summed E-state index contributed by atoms with van der Waals surface area (Å²) >= 11 is -0.933. The zero-order valence-corrected chi connectivity index (χ0v) is 8.16. The third-order valence-electron chi connectivity index (χ3n) is 1.30. The molecule has 57 valence electrons. The molecule has 1 radical (unpaired) electrons. The van der Waals surface area contributed by atoms with Crippen LogP contribution in [0.25, 0.3) is 0 Å². The van der Waals surface area contributed by atoms with Gasteiger partial charge in [-0.25, -0.2) is 0 Å². The third-order valence-corrected chi connectivity index (χ3v) is 2.04.